The highest BCUT2D eigenvalue weighted by Crippen LogP contribution is 2.18. The van der Waals surface area contributed by atoms with Gasteiger partial charge in [0.1, 0.15) is 6.61 Å². The highest BCUT2D eigenvalue weighted by molar-refractivity contribution is 7.89. The van der Waals surface area contributed by atoms with Gasteiger partial charge in [0.15, 0.2) is 0 Å². The zero-order valence-electron chi connectivity index (χ0n) is 14.1. The van der Waals surface area contributed by atoms with Crippen LogP contribution in [0.5, 0.6) is 0 Å². The number of carbonyl (C=O) groups excluding carboxylic acids is 1. The van der Waals surface area contributed by atoms with E-state index in [-0.39, 0.29) is 17.1 Å². The lowest BCUT2D eigenvalue weighted by atomic mass is 10.2. The van der Waals surface area contributed by atoms with Crippen molar-refractivity contribution in [3.05, 3.63) is 64.7 Å². The van der Waals surface area contributed by atoms with Gasteiger partial charge in [0.25, 0.3) is 0 Å². The number of rotatable bonds is 7. The third-order valence-electron chi connectivity index (χ3n) is 3.67. The summed E-state index contributed by atoms with van der Waals surface area (Å²) in [6.07, 6.45) is 0. The lowest BCUT2D eigenvalue weighted by molar-refractivity contribution is 0.0472. The minimum absolute atomic E-state index is 0.0619. The number of sulfonamides is 1. The Balaban J connectivity index is 2.16. The van der Waals surface area contributed by atoms with Crippen LogP contribution in [-0.2, 0) is 21.4 Å². The van der Waals surface area contributed by atoms with E-state index in [9.17, 15) is 13.2 Å². The number of halogens is 1. The predicted octanol–water partition coefficient (Wildman–Crippen LogP) is 3.73. The Morgan fingerprint density at radius 1 is 1.08 bits per heavy atom. The van der Waals surface area contributed by atoms with E-state index in [1.807, 2.05) is 0 Å². The van der Waals surface area contributed by atoms with Gasteiger partial charge in [0.05, 0.1) is 10.5 Å². The number of carbonyl (C=O) groups is 1. The van der Waals surface area contributed by atoms with E-state index in [0.29, 0.717) is 18.1 Å². The van der Waals surface area contributed by atoms with Crippen molar-refractivity contribution in [3.63, 3.8) is 0 Å². The number of hydrogen-bond donors (Lipinski definition) is 0. The van der Waals surface area contributed by atoms with Gasteiger partial charge in [0, 0.05) is 18.1 Å². The summed E-state index contributed by atoms with van der Waals surface area (Å²) in [4.78, 5) is 12.3. The molecular weight excluding hydrogens is 362 g/mol. The maximum Gasteiger partial charge on any atom is 0.338 e. The normalized spacial score (nSPS) is 11.5. The topological polar surface area (TPSA) is 63.7 Å². The standard InChI is InChI=1S/C18H20ClNO4S/c1-3-20(4-2)25(22,23)17-10-6-8-15(12-17)18(21)24-13-14-7-5-9-16(19)11-14/h5-12H,3-4,13H2,1-2H3. The summed E-state index contributed by atoms with van der Waals surface area (Å²) >= 11 is 5.89. The fourth-order valence-corrected chi connectivity index (χ4v) is 4.07. The molecular formula is C18H20ClNO4S. The Morgan fingerprint density at radius 3 is 2.40 bits per heavy atom. The Labute approximate surface area is 153 Å². The fourth-order valence-electron chi connectivity index (χ4n) is 2.36. The number of nitrogens with zero attached hydrogens (tertiary/aromatic N) is 1. The van der Waals surface area contributed by atoms with E-state index < -0.39 is 16.0 Å². The van der Waals surface area contributed by atoms with E-state index in [2.05, 4.69) is 0 Å². The van der Waals surface area contributed by atoms with Gasteiger partial charge in [-0.2, -0.15) is 4.31 Å². The largest absolute Gasteiger partial charge is 0.457 e. The first kappa shape index (κ1) is 19.4. The van der Waals surface area contributed by atoms with Gasteiger partial charge in [0.2, 0.25) is 10.0 Å². The molecule has 5 nitrogen and oxygen atoms in total. The summed E-state index contributed by atoms with van der Waals surface area (Å²) in [5.41, 5.74) is 0.947. The molecule has 25 heavy (non-hydrogen) atoms. The summed E-state index contributed by atoms with van der Waals surface area (Å²) in [6.45, 7) is 4.32. The summed E-state index contributed by atoms with van der Waals surface area (Å²) in [6, 6.07) is 12.9. The van der Waals surface area contributed by atoms with Crippen molar-refractivity contribution in [2.45, 2.75) is 25.3 Å². The molecule has 134 valence electrons. The molecule has 0 unspecified atom stereocenters. The molecule has 0 saturated heterocycles. The first-order valence-electron chi connectivity index (χ1n) is 7.90. The van der Waals surface area contributed by atoms with E-state index in [1.54, 1.807) is 38.1 Å². The van der Waals surface area contributed by atoms with E-state index >= 15 is 0 Å². The molecule has 0 fully saturated rings. The van der Waals surface area contributed by atoms with Crippen LogP contribution in [0.3, 0.4) is 0 Å². The van der Waals surface area contributed by atoms with Crippen molar-refractivity contribution in [3.8, 4) is 0 Å². The van der Waals surface area contributed by atoms with Crippen LogP contribution in [0.1, 0.15) is 29.8 Å². The molecule has 2 aromatic rings. The molecule has 0 amide bonds. The number of ether oxygens (including phenoxy) is 1. The van der Waals surface area contributed by atoms with E-state index in [1.165, 1.54) is 28.6 Å². The Kier molecular flexibility index (Phi) is 6.58. The molecule has 2 aromatic carbocycles. The molecule has 0 N–H and O–H groups in total. The lowest BCUT2D eigenvalue weighted by Gasteiger charge is -2.18. The monoisotopic (exact) mass is 381 g/mol. The second-order valence-electron chi connectivity index (χ2n) is 5.32. The van der Waals surface area contributed by atoms with Gasteiger partial charge >= 0.3 is 5.97 Å². The van der Waals surface area contributed by atoms with E-state index in [0.717, 1.165) is 5.56 Å². The summed E-state index contributed by atoms with van der Waals surface area (Å²) in [7, 11) is -3.62. The molecule has 0 aliphatic heterocycles. The first-order chi connectivity index (χ1) is 11.9. The van der Waals surface area contributed by atoms with Crippen LogP contribution < -0.4 is 0 Å². The molecule has 0 saturated carbocycles. The van der Waals surface area contributed by atoms with Crippen LogP contribution >= 0.6 is 11.6 Å². The van der Waals surface area contributed by atoms with Gasteiger partial charge in [-0.05, 0) is 35.9 Å². The highest BCUT2D eigenvalue weighted by Gasteiger charge is 2.22. The van der Waals surface area contributed by atoms with Gasteiger partial charge in [-0.1, -0.05) is 43.6 Å². The minimum Gasteiger partial charge on any atom is -0.457 e. The van der Waals surface area contributed by atoms with Crippen LogP contribution in [0.15, 0.2) is 53.4 Å². The van der Waals surface area contributed by atoms with Crippen molar-refractivity contribution in [2.24, 2.45) is 0 Å². The second kappa shape index (κ2) is 8.47. The van der Waals surface area contributed by atoms with Crippen LogP contribution in [0.25, 0.3) is 0 Å². The quantitative estimate of drug-likeness (QED) is 0.685. The van der Waals surface area contributed by atoms with Crippen molar-refractivity contribution < 1.29 is 17.9 Å². The van der Waals surface area contributed by atoms with Gasteiger partial charge in [-0.25, -0.2) is 13.2 Å². The molecule has 0 bridgehead atoms. The SMILES string of the molecule is CCN(CC)S(=O)(=O)c1cccc(C(=O)OCc2cccc(Cl)c2)c1. The lowest BCUT2D eigenvalue weighted by Crippen LogP contribution is -2.30. The maximum absolute atomic E-state index is 12.5. The Morgan fingerprint density at radius 2 is 1.76 bits per heavy atom. The maximum atomic E-state index is 12.5. The van der Waals surface area contributed by atoms with Crippen molar-refractivity contribution in [1.82, 2.24) is 4.31 Å². The van der Waals surface area contributed by atoms with Gasteiger partial charge in [-0.3, -0.25) is 0 Å². The van der Waals surface area contributed by atoms with Crippen LogP contribution in [0, 0.1) is 0 Å². The fraction of sp³-hybridized carbons (Fsp3) is 0.278. The zero-order chi connectivity index (χ0) is 18.4. The number of esters is 1. The summed E-state index contributed by atoms with van der Waals surface area (Å²) in [5.74, 6) is -0.587. The molecule has 0 atom stereocenters. The predicted molar refractivity (Wildman–Crippen MR) is 97.1 cm³/mol. The molecule has 0 spiro atoms. The summed E-state index contributed by atoms with van der Waals surface area (Å²) < 4.78 is 31.7. The van der Waals surface area contributed by atoms with Crippen LogP contribution in [0.4, 0.5) is 0 Å². The highest BCUT2D eigenvalue weighted by atomic mass is 35.5. The third kappa shape index (κ3) is 4.81. The zero-order valence-corrected chi connectivity index (χ0v) is 15.7. The molecule has 0 aromatic heterocycles. The first-order valence-corrected chi connectivity index (χ1v) is 9.72. The molecule has 7 heteroatoms. The second-order valence-corrected chi connectivity index (χ2v) is 7.70. The van der Waals surface area contributed by atoms with Crippen LogP contribution in [0.2, 0.25) is 5.02 Å². The third-order valence-corrected chi connectivity index (χ3v) is 5.95. The van der Waals surface area contributed by atoms with Crippen molar-refractivity contribution >= 4 is 27.6 Å². The van der Waals surface area contributed by atoms with Gasteiger partial charge in [-0.15, -0.1) is 0 Å². The molecule has 0 heterocycles. The smallest absolute Gasteiger partial charge is 0.338 e. The number of hydrogen-bond acceptors (Lipinski definition) is 4. The van der Waals surface area contributed by atoms with E-state index in [4.69, 9.17) is 16.3 Å². The van der Waals surface area contributed by atoms with Gasteiger partial charge < -0.3 is 4.74 Å². The Hall–Kier alpha value is -1.89. The number of benzene rings is 2. The average molecular weight is 382 g/mol. The van der Waals surface area contributed by atoms with Crippen molar-refractivity contribution in [2.75, 3.05) is 13.1 Å². The Bertz CT molecular complexity index is 848. The summed E-state index contributed by atoms with van der Waals surface area (Å²) in [5, 5.41) is 0.556. The molecule has 0 aliphatic rings. The average Bonchev–Trinajstić information content (AvgIpc) is 2.60. The van der Waals surface area contributed by atoms with Crippen LogP contribution in [-0.4, -0.2) is 31.8 Å². The molecule has 2 rings (SSSR count). The van der Waals surface area contributed by atoms with Crippen molar-refractivity contribution in [1.29, 1.82) is 0 Å². The molecule has 0 radical (unpaired) electrons. The minimum atomic E-state index is -3.62. The molecule has 0 aliphatic carbocycles.